The van der Waals surface area contributed by atoms with Crippen LogP contribution in [-0.4, -0.2) is 34.6 Å². The molecule has 0 saturated carbocycles. The first-order chi connectivity index (χ1) is 10.9. The first kappa shape index (κ1) is 13.8. The van der Waals surface area contributed by atoms with Gasteiger partial charge in [-0.05, 0) is 11.6 Å². The lowest BCUT2D eigenvalue weighted by Gasteiger charge is -2.32. The quantitative estimate of drug-likeness (QED) is 0.744. The Balaban J connectivity index is 1.55. The van der Waals surface area contributed by atoms with Gasteiger partial charge in [0.1, 0.15) is 11.1 Å². The molecule has 1 aromatic carbocycles. The predicted molar refractivity (Wildman–Crippen MR) is 87.8 cm³/mol. The summed E-state index contributed by atoms with van der Waals surface area (Å²) < 4.78 is 5.87. The average Bonchev–Trinajstić information content (AvgIpc) is 3.10. The SMILES string of the molecule is c1cnc2c(CN3CCO[C@@H](c4nccs4)C3)cccc2c1. The number of ether oxygens (including phenoxy) is 1. The van der Waals surface area contributed by atoms with Crippen molar-refractivity contribution in [2.45, 2.75) is 12.6 Å². The van der Waals surface area contributed by atoms with Gasteiger partial charge in [-0.2, -0.15) is 0 Å². The van der Waals surface area contributed by atoms with Gasteiger partial charge in [0, 0.05) is 42.8 Å². The highest BCUT2D eigenvalue weighted by Gasteiger charge is 2.24. The van der Waals surface area contributed by atoms with Crippen molar-refractivity contribution in [2.75, 3.05) is 19.7 Å². The summed E-state index contributed by atoms with van der Waals surface area (Å²) in [6.07, 6.45) is 3.80. The van der Waals surface area contributed by atoms with Crippen LogP contribution in [0, 0.1) is 0 Å². The summed E-state index contributed by atoms with van der Waals surface area (Å²) in [5.41, 5.74) is 2.38. The van der Waals surface area contributed by atoms with Crippen molar-refractivity contribution in [1.82, 2.24) is 14.9 Å². The van der Waals surface area contributed by atoms with E-state index in [1.807, 2.05) is 23.8 Å². The smallest absolute Gasteiger partial charge is 0.123 e. The average molecular weight is 311 g/mol. The monoisotopic (exact) mass is 311 g/mol. The molecule has 1 saturated heterocycles. The summed E-state index contributed by atoms with van der Waals surface area (Å²) >= 11 is 1.67. The molecule has 0 radical (unpaired) electrons. The van der Waals surface area contributed by atoms with Crippen molar-refractivity contribution in [2.24, 2.45) is 0 Å². The third kappa shape index (κ3) is 2.75. The number of hydrogen-bond acceptors (Lipinski definition) is 5. The molecule has 112 valence electrons. The second-order valence-corrected chi connectivity index (χ2v) is 6.38. The maximum atomic E-state index is 5.87. The van der Waals surface area contributed by atoms with Crippen molar-refractivity contribution in [1.29, 1.82) is 0 Å². The standard InChI is InChI=1S/C17H17N3OS/c1-3-13-5-2-6-18-16(13)14(4-1)11-20-8-9-21-15(12-20)17-19-7-10-22-17/h1-7,10,15H,8-9,11-12H2/t15-/m1/s1. The van der Waals surface area contributed by atoms with E-state index in [-0.39, 0.29) is 6.10 Å². The van der Waals surface area contributed by atoms with Crippen molar-refractivity contribution >= 4 is 22.2 Å². The molecule has 3 heterocycles. The maximum absolute atomic E-state index is 5.87. The van der Waals surface area contributed by atoms with Gasteiger partial charge in [0.25, 0.3) is 0 Å². The highest BCUT2D eigenvalue weighted by molar-refractivity contribution is 7.09. The predicted octanol–water partition coefficient (Wildman–Crippen LogP) is 3.26. The number of pyridine rings is 1. The lowest BCUT2D eigenvalue weighted by atomic mass is 10.1. The Morgan fingerprint density at radius 1 is 1.18 bits per heavy atom. The zero-order valence-electron chi connectivity index (χ0n) is 12.2. The third-order valence-electron chi connectivity index (χ3n) is 3.99. The van der Waals surface area contributed by atoms with Gasteiger partial charge in [0.05, 0.1) is 12.1 Å². The van der Waals surface area contributed by atoms with E-state index >= 15 is 0 Å². The molecule has 2 aromatic heterocycles. The molecule has 1 atom stereocenters. The van der Waals surface area contributed by atoms with Gasteiger partial charge in [-0.15, -0.1) is 11.3 Å². The van der Waals surface area contributed by atoms with Crippen LogP contribution in [-0.2, 0) is 11.3 Å². The number of fused-ring (bicyclic) bond motifs is 1. The summed E-state index contributed by atoms with van der Waals surface area (Å²) in [5.74, 6) is 0. The lowest BCUT2D eigenvalue weighted by molar-refractivity contribution is -0.0328. The van der Waals surface area contributed by atoms with E-state index in [2.05, 4.69) is 39.1 Å². The normalized spacial score (nSPS) is 19.5. The van der Waals surface area contributed by atoms with Crippen LogP contribution in [0.25, 0.3) is 10.9 Å². The third-order valence-corrected chi connectivity index (χ3v) is 4.86. The fourth-order valence-corrected chi connectivity index (χ4v) is 3.60. The molecular weight excluding hydrogens is 294 g/mol. The van der Waals surface area contributed by atoms with Crippen molar-refractivity contribution < 1.29 is 4.74 Å². The van der Waals surface area contributed by atoms with Crippen LogP contribution in [0.4, 0.5) is 0 Å². The number of hydrogen-bond donors (Lipinski definition) is 0. The second-order valence-electron chi connectivity index (χ2n) is 5.46. The van der Waals surface area contributed by atoms with Crippen LogP contribution in [0.15, 0.2) is 48.1 Å². The van der Waals surface area contributed by atoms with E-state index in [1.165, 1.54) is 10.9 Å². The summed E-state index contributed by atoms with van der Waals surface area (Å²) in [6.45, 7) is 3.49. The molecule has 1 aliphatic heterocycles. The molecule has 1 fully saturated rings. The minimum atomic E-state index is 0.0942. The van der Waals surface area contributed by atoms with E-state index in [1.54, 1.807) is 11.3 Å². The molecular formula is C17H17N3OS. The Bertz CT molecular complexity index is 754. The van der Waals surface area contributed by atoms with Crippen LogP contribution in [0.1, 0.15) is 16.7 Å². The molecule has 22 heavy (non-hydrogen) atoms. The van der Waals surface area contributed by atoms with Gasteiger partial charge in [-0.3, -0.25) is 9.88 Å². The first-order valence-electron chi connectivity index (χ1n) is 7.46. The van der Waals surface area contributed by atoms with Crippen LogP contribution >= 0.6 is 11.3 Å². The Morgan fingerprint density at radius 2 is 2.14 bits per heavy atom. The van der Waals surface area contributed by atoms with Crippen LogP contribution in [0.3, 0.4) is 0 Å². The summed E-state index contributed by atoms with van der Waals surface area (Å²) in [6, 6.07) is 10.5. The van der Waals surface area contributed by atoms with Gasteiger partial charge in [0.15, 0.2) is 0 Å². The highest BCUT2D eigenvalue weighted by atomic mass is 32.1. The zero-order valence-corrected chi connectivity index (χ0v) is 13.0. The van der Waals surface area contributed by atoms with E-state index in [4.69, 9.17) is 4.74 Å². The van der Waals surface area contributed by atoms with E-state index in [9.17, 15) is 0 Å². The topological polar surface area (TPSA) is 38.2 Å². The molecule has 5 heteroatoms. The number of aromatic nitrogens is 2. The fraction of sp³-hybridized carbons (Fsp3) is 0.294. The Hall–Kier alpha value is -1.82. The molecule has 0 amide bonds. The molecule has 0 unspecified atom stereocenters. The largest absolute Gasteiger partial charge is 0.368 e. The van der Waals surface area contributed by atoms with Crippen molar-refractivity contribution in [3.63, 3.8) is 0 Å². The summed E-state index contributed by atoms with van der Waals surface area (Å²) in [4.78, 5) is 11.4. The number of para-hydroxylation sites is 1. The lowest BCUT2D eigenvalue weighted by Crippen LogP contribution is -2.37. The minimum Gasteiger partial charge on any atom is -0.368 e. The maximum Gasteiger partial charge on any atom is 0.123 e. The van der Waals surface area contributed by atoms with Crippen molar-refractivity contribution in [3.05, 3.63) is 58.7 Å². The van der Waals surface area contributed by atoms with Crippen molar-refractivity contribution in [3.8, 4) is 0 Å². The van der Waals surface area contributed by atoms with Crippen LogP contribution in [0.2, 0.25) is 0 Å². The van der Waals surface area contributed by atoms with Gasteiger partial charge in [-0.1, -0.05) is 24.3 Å². The van der Waals surface area contributed by atoms with Crippen LogP contribution < -0.4 is 0 Å². The Labute approximate surface area is 133 Å². The number of morpholine rings is 1. The number of benzene rings is 1. The van der Waals surface area contributed by atoms with E-state index < -0.39 is 0 Å². The number of thiazole rings is 1. The molecule has 4 rings (SSSR count). The van der Waals surface area contributed by atoms with Gasteiger partial charge in [-0.25, -0.2) is 4.98 Å². The van der Waals surface area contributed by atoms with Gasteiger partial charge >= 0.3 is 0 Å². The summed E-state index contributed by atoms with van der Waals surface area (Å²) in [5, 5.41) is 4.28. The first-order valence-corrected chi connectivity index (χ1v) is 8.34. The molecule has 0 bridgehead atoms. The Morgan fingerprint density at radius 3 is 3.05 bits per heavy atom. The molecule has 0 spiro atoms. The second kappa shape index (κ2) is 6.12. The molecule has 1 aliphatic rings. The number of rotatable bonds is 3. The number of nitrogens with zero attached hydrogens (tertiary/aromatic N) is 3. The zero-order chi connectivity index (χ0) is 14.8. The Kier molecular flexibility index (Phi) is 3.84. The fourth-order valence-electron chi connectivity index (χ4n) is 2.92. The minimum absolute atomic E-state index is 0.0942. The summed E-state index contributed by atoms with van der Waals surface area (Å²) in [7, 11) is 0. The van der Waals surface area contributed by atoms with E-state index in [0.29, 0.717) is 0 Å². The molecule has 3 aromatic rings. The molecule has 0 aliphatic carbocycles. The van der Waals surface area contributed by atoms with Gasteiger partial charge < -0.3 is 4.74 Å². The highest BCUT2D eigenvalue weighted by Crippen LogP contribution is 2.26. The van der Waals surface area contributed by atoms with Gasteiger partial charge in [0.2, 0.25) is 0 Å². The van der Waals surface area contributed by atoms with E-state index in [0.717, 1.165) is 36.8 Å². The van der Waals surface area contributed by atoms with Crippen LogP contribution in [0.5, 0.6) is 0 Å². The molecule has 0 N–H and O–H groups in total. The molecule has 4 nitrogen and oxygen atoms in total.